The van der Waals surface area contributed by atoms with Crippen LogP contribution in [0.2, 0.25) is 0 Å². The van der Waals surface area contributed by atoms with E-state index >= 15 is 0 Å². The number of phenols is 1. The van der Waals surface area contributed by atoms with Gasteiger partial charge in [-0.05, 0) is 31.5 Å². The minimum absolute atomic E-state index is 0.134. The highest BCUT2D eigenvalue weighted by Gasteiger charge is 2.32. The summed E-state index contributed by atoms with van der Waals surface area (Å²) in [7, 11) is -2.13. The first-order valence-corrected chi connectivity index (χ1v) is 7.73. The maximum Gasteiger partial charge on any atom is 0.392 e. The lowest BCUT2D eigenvalue weighted by atomic mass is 10.2. The largest absolute Gasteiger partial charge is 0.504 e. The maximum atomic E-state index is 11.9. The van der Waals surface area contributed by atoms with Crippen molar-refractivity contribution in [1.29, 1.82) is 0 Å². The molecule has 0 aromatic heterocycles. The average Bonchev–Trinajstić information content (AvgIpc) is 2.92. The molecule has 1 unspecified atom stereocenters. The Kier molecular flexibility index (Phi) is 4.82. The molecule has 0 radical (unpaired) electrons. The first-order valence-electron chi connectivity index (χ1n) is 6.28. The van der Waals surface area contributed by atoms with Gasteiger partial charge in [0.05, 0.1) is 0 Å². The molecule has 1 heterocycles. The summed E-state index contributed by atoms with van der Waals surface area (Å²) in [6.45, 7) is 0.722. The SMILES string of the molecule is O=C(C[P+](=O)c1ccccc1O)OC(=O)[C@@H]1CCCN1. The van der Waals surface area contributed by atoms with E-state index in [1.165, 1.54) is 12.1 Å². The Hall–Kier alpha value is -1.78. The topological polar surface area (TPSA) is 92.7 Å². The summed E-state index contributed by atoms with van der Waals surface area (Å²) in [4.78, 5) is 23.2. The van der Waals surface area contributed by atoms with Gasteiger partial charge in [0.1, 0.15) is 6.04 Å². The van der Waals surface area contributed by atoms with Crippen LogP contribution in [0, 0.1) is 0 Å². The molecule has 1 fully saturated rings. The van der Waals surface area contributed by atoms with Gasteiger partial charge >= 0.3 is 19.7 Å². The Bertz CT molecular complexity index is 539. The molecule has 1 saturated heterocycles. The predicted octanol–water partition coefficient (Wildman–Crippen LogP) is 0.667. The average molecular weight is 296 g/mol. The van der Waals surface area contributed by atoms with E-state index in [2.05, 4.69) is 10.1 Å². The van der Waals surface area contributed by atoms with Crippen LogP contribution >= 0.6 is 7.80 Å². The van der Waals surface area contributed by atoms with Gasteiger partial charge in [0.15, 0.2) is 5.75 Å². The zero-order valence-electron chi connectivity index (χ0n) is 10.7. The molecule has 7 heteroatoms. The number of hydrogen-bond donors (Lipinski definition) is 2. The number of hydrogen-bond acceptors (Lipinski definition) is 6. The third-order valence-electron chi connectivity index (χ3n) is 2.98. The zero-order chi connectivity index (χ0) is 14.5. The van der Waals surface area contributed by atoms with Crippen molar-refractivity contribution in [1.82, 2.24) is 5.32 Å². The molecule has 20 heavy (non-hydrogen) atoms. The number of rotatable bonds is 4. The van der Waals surface area contributed by atoms with E-state index in [9.17, 15) is 19.3 Å². The molecule has 0 spiro atoms. The van der Waals surface area contributed by atoms with Crippen molar-refractivity contribution in [3.8, 4) is 5.75 Å². The number of carbonyl (C=O) groups excluding carboxylic acids is 2. The summed E-state index contributed by atoms with van der Waals surface area (Å²) in [5, 5.41) is 12.6. The third-order valence-corrected chi connectivity index (χ3v) is 4.44. The molecular formula is C13H15NO5P+. The zero-order valence-corrected chi connectivity index (χ0v) is 11.6. The van der Waals surface area contributed by atoms with E-state index in [0.717, 1.165) is 13.0 Å². The van der Waals surface area contributed by atoms with Crippen molar-refractivity contribution in [2.75, 3.05) is 12.7 Å². The quantitative estimate of drug-likeness (QED) is 0.482. The fourth-order valence-corrected chi connectivity index (χ4v) is 3.03. The highest BCUT2D eigenvalue weighted by atomic mass is 31.1. The van der Waals surface area contributed by atoms with Gasteiger partial charge in [-0.2, -0.15) is 0 Å². The summed E-state index contributed by atoms with van der Waals surface area (Å²) in [6, 6.07) is 5.61. The van der Waals surface area contributed by atoms with Crippen LogP contribution in [0.5, 0.6) is 5.75 Å². The fourth-order valence-electron chi connectivity index (χ4n) is 1.98. The Balaban J connectivity index is 1.89. The number of phenolic OH excluding ortho intramolecular Hbond substituents is 1. The lowest BCUT2D eigenvalue weighted by Crippen LogP contribution is -2.34. The second-order valence-corrected chi connectivity index (χ2v) is 6.02. The summed E-state index contributed by atoms with van der Waals surface area (Å²) < 4.78 is 16.6. The summed E-state index contributed by atoms with van der Waals surface area (Å²) in [6.07, 6.45) is 1.07. The highest BCUT2D eigenvalue weighted by molar-refractivity contribution is 7.54. The van der Waals surface area contributed by atoms with E-state index in [1.807, 2.05) is 0 Å². The molecule has 0 saturated carbocycles. The van der Waals surface area contributed by atoms with Crippen molar-refractivity contribution < 1.29 is 24.0 Å². The molecular weight excluding hydrogens is 281 g/mol. The normalized spacial score (nSPS) is 18.6. The molecule has 0 aliphatic carbocycles. The predicted molar refractivity (Wildman–Crippen MR) is 72.3 cm³/mol. The van der Waals surface area contributed by atoms with Gasteiger partial charge < -0.3 is 15.2 Å². The van der Waals surface area contributed by atoms with E-state index in [-0.39, 0.29) is 11.1 Å². The Morgan fingerprint density at radius 2 is 2.15 bits per heavy atom. The van der Waals surface area contributed by atoms with Gasteiger partial charge in [-0.15, -0.1) is 0 Å². The van der Waals surface area contributed by atoms with Gasteiger partial charge in [0, 0.05) is 0 Å². The van der Waals surface area contributed by atoms with Crippen LogP contribution in [0.25, 0.3) is 0 Å². The number of ether oxygens (including phenoxy) is 1. The monoisotopic (exact) mass is 296 g/mol. The summed E-state index contributed by atoms with van der Waals surface area (Å²) in [5.41, 5.74) is 0. The fraction of sp³-hybridized carbons (Fsp3) is 0.385. The smallest absolute Gasteiger partial charge is 0.392 e. The Labute approximate surface area is 116 Å². The molecule has 1 aliphatic heterocycles. The van der Waals surface area contributed by atoms with Crippen molar-refractivity contribution in [3.05, 3.63) is 24.3 Å². The Morgan fingerprint density at radius 1 is 1.40 bits per heavy atom. The maximum absolute atomic E-state index is 11.9. The lowest BCUT2D eigenvalue weighted by Gasteiger charge is -2.06. The van der Waals surface area contributed by atoms with Crippen LogP contribution in [-0.4, -0.2) is 35.8 Å². The molecule has 2 N–H and O–H groups in total. The van der Waals surface area contributed by atoms with Crippen molar-refractivity contribution in [2.24, 2.45) is 0 Å². The molecule has 6 nitrogen and oxygen atoms in total. The number of benzene rings is 1. The van der Waals surface area contributed by atoms with Crippen molar-refractivity contribution in [2.45, 2.75) is 18.9 Å². The molecule has 0 bridgehead atoms. The van der Waals surface area contributed by atoms with Gasteiger partial charge in [0.2, 0.25) is 11.5 Å². The minimum atomic E-state index is -2.13. The molecule has 1 aliphatic rings. The standard InChI is InChI=1S/C13H14NO5P/c15-10-5-1-2-6-11(10)20(18)8-12(16)19-13(17)9-4-3-7-14-9/h1-2,5-6,9,14H,3-4,7-8H2/p+1/t9-/m0/s1. The first kappa shape index (κ1) is 14.6. The molecule has 2 rings (SSSR count). The van der Waals surface area contributed by atoms with Gasteiger partial charge in [0.25, 0.3) is 0 Å². The van der Waals surface area contributed by atoms with Crippen LogP contribution < -0.4 is 10.6 Å². The van der Waals surface area contributed by atoms with Crippen LogP contribution in [-0.2, 0) is 18.9 Å². The van der Waals surface area contributed by atoms with Crippen molar-refractivity contribution in [3.63, 3.8) is 0 Å². The van der Waals surface area contributed by atoms with Gasteiger partial charge in [-0.25, -0.2) is 9.59 Å². The summed E-state index contributed by atoms with van der Waals surface area (Å²) in [5.74, 6) is -1.61. The molecule has 1 aromatic carbocycles. The number of carbonyl (C=O) groups is 2. The highest BCUT2D eigenvalue weighted by Crippen LogP contribution is 2.25. The molecule has 0 amide bonds. The van der Waals surface area contributed by atoms with E-state index in [1.54, 1.807) is 12.1 Å². The second-order valence-electron chi connectivity index (χ2n) is 4.47. The number of para-hydroxylation sites is 1. The number of nitrogens with one attached hydrogen (secondary N) is 1. The van der Waals surface area contributed by atoms with Crippen LogP contribution in [0.15, 0.2) is 24.3 Å². The van der Waals surface area contributed by atoms with E-state index in [4.69, 9.17) is 0 Å². The van der Waals surface area contributed by atoms with Gasteiger partial charge in [-0.3, -0.25) is 0 Å². The first-order chi connectivity index (χ1) is 9.58. The Morgan fingerprint density at radius 3 is 2.80 bits per heavy atom. The lowest BCUT2D eigenvalue weighted by molar-refractivity contribution is -0.159. The van der Waals surface area contributed by atoms with E-state index in [0.29, 0.717) is 6.42 Å². The van der Waals surface area contributed by atoms with Crippen LogP contribution in [0.3, 0.4) is 0 Å². The van der Waals surface area contributed by atoms with Crippen LogP contribution in [0.1, 0.15) is 12.8 Å². The molecule has 2 atom stereocenters. The van der Waals surface area contributed by atoms with Crippen molar-refractivity contribution >= 4 is 25.0 Å². The number of aromatic hydroxyl groups is 1. The van der Waals surface area contributed by atoms with Gasteiger partial charge in [-0.1, -0.05) is 16.7 Å². The minimum Gasteiger partial charge on any atom is -0.504 e. The third kappa shape index (κ3) is 3.62. The molecule has 1 aromatic rings. The molecule has 106 valence electrons. The second kappa shape index (κ2) is 6.59. The van der Waals surface area contributed by atoms with E-state index < -0.39 is 31.9 Å². The van der Waals surface area contributed by atoms with Crippen LogP contribution in [0.4, 0.5) is 0 Å². The summed E-state index contributed by atoms with van der Waals surface area (Å²) >= 11 is 0. The number of esters is 2.